The lowest BCUT2D eigenvalue weighted by Gasteiger charge is -2.36. The van der Waals surface area contributed by atoms with Crippen molar-refractivity contribution in [1.29, 1.82) is 10.8 Å². The zero-order chi connectivity index (χ0) is 26.2. The summed E-state index contributed by atoms with van der Waals surface area (Å²) in [6, 6.07) is 9.83. The lowest BCUT2D eigenvalue weighted by Crippen LogP contribution is -2.41. The minimum atomic E-state index is -2.06. The molecule has 2 rings (SSSR count). The lowest BCUT2D eigenvalue weighted by atomic mass is 10.0. The average Bonchev–Trinajstić information content (AvgIpc) is 3.34. The van der Waals surface area contributed by atoms with E-state index in [1.165, 1.54) is 0 Å². The van der Waals surface area contributed by atoms with Crippen molar-refractivity contribution >= 4 is 89.7 Å². The van der Waals surface area contributed by atoms with Gasteiger partial charge in [-0.15, -0.1) is 0 Å². The number of rotatable bonds is 8. The molecule has 0 aliphatic heterocycles. The Morgan fingerprint density at radius 1 is 0.882 bits per heavy atom. The number of hydrogen-bond acceptors (Lipinski definition) is 5. The molecule has 0 spiro atoms. The van der Waals surface area contributed by atoms with Gasteiger partial charge in [-0.05, 0) is 23.7 Å². The number of alkyl halides is 6. The van der Waals surface area contributed by atoms with Crippen molar-refractivity contribution in [2.75, 3.05) is 19.8 Å². The second kappa shape index (κ2) is 10.8. The van der Waals surface area contributed by atoms with E-state index in [4.69, 9.17) is 94.3 Å². The highest BCUT2D eigenvalue weighted by Gasteiger charge is 2.67. The molecule has 1 aromatic carbocycles. The summed E-state index contributed by atoms with van der Waals surface area (Å²) in [4.78, 5) is 0. The summed E-state index contributed by atoms with van der Waals surface area (Å²) in [6.07, 6.45) is 0. The van der Waals surface area contributed by atoms with Gasteiger partial charge in [0.05, 0.1) is 18.6 Å². The van der Waals surface area contributed by atoms with Crippen LogP contribution in [0.15, 0.2) is 30.3 Å². The van der Waals surface area contributed by atoms with Crippen molar-refractivity contribution in [1.82, 2.24) is 0 Å². The van der Waals surface area contributed by atoms with Crippen molar-refractivity contribution in [3.05, 3.63) is 35.9 Å². The highest BCUT2D eigenvalue weighted by molar-refractivity contribution is 6.76. The maximum Gasteiger partial charge on any atom is 0.265 e. The van der Waals surface area contributed by atoms with E-state index in [9.17, 15) is 0 Å². The molecule has 192 valence electrons. The average molecular weight is 611 g/mol. The lowest BCUT2D eigenvalue weighted by molar-refractivity contribution is 0.115. The second-order valence-corrected chi connectivity index (χ2v) is 19.4. The standard InChI is InChI=1S/C22H30Cl6N2O3Si/c1-19(2,3)34(4,5)33-11-15-16(14-9-7-6-8-10-14)20(15,12-31-17(29)21(23,24)25)13-32-18(30)22(26,27)28/h6-10,15-16,29-30H,11-13H2,1-5H3/t15-,16-,20?/m1/s1. The number of ether oxygens (including phenoxy) is 2. The third-order valence-corrected chi connectivity index (χ3v) is 12.3. The summed E-state index contributed by atoms with van der Waals surface area (Å²) in [5.41, 5.74) is 0.341. The van der Waals surface area contributed by atoms with E-state index in [0.717, 1.165) is 5.56 Å². The van der Waals surface area contributed by atoms with Crippen molar-refractivity contribution < 1.29 is 13.9 Å². The first-order chi connectivity index (χ1) is 15.3. The molecule has 1 saturated carbocycles. The molecule has 0 amide bonds. The second-order valence-electron chi connectivity index (χ2n) is 10.0. The summed E-state index contributed by atoms with van der Waals surface area (Å²) >= 11 is 35.0. The van der Waals surface area contributed by atoms with Crippen molar-refractivity contribution in [3.63, 3.8) is 0 Å². The molecule has 0 aromatic heterocycles. The Bertz CT molecular complexity index is 851. The van der Waals surface area contributed by atoms with Crippen LogP contribution in [0.4, 0.5) is 0 Å². The molecular formula is C22H30Cl6N2O3Si. The van der Waals surface area contributed by atoms with Crippen LogP contribution in [0.25, 0.3) is 0 Å². The van der Waals surface area contributed by atoms with Crippen molar-refractivity contribution in [3.8, 4) is 0 Å². The molecule has 0 heterocycles. The van der Waals surface area contributed by atoms with Gasteiger partial charge < -0.3 is 13.9 Å². The van der Waals surface area contributed by atoms with Crippen LogP contribution in [0.1, 0.15) is 32.3 Å². The van der Waals surface area contributed by atoms with Gasteiger partial charge in [0.15, 0.2) is 8.32 Å². The van der Waals surface area contributed by atoms with Gasteiger partial charge in [0, 0.05) is 18.4 Å². The molecule has 2 atom stereocenters. The van der Waals surface area contributed by atoms with Crippen LogP contribution in [-0.2, 0) is 13.9 Å². The third-order valence-electron chi connectivity index (χ3n) is 6.73. The molecule has 1 aromatic rings. The molecule has 0 saturated heterocycles. The van der Waals surface area contributed by atoms with Gasteiger partial charge in [-0.25, -0.2) is 0 Å². The first-order valence-electron chi connectivity index (χ1n) is 10.6. The van der Waals surface area contributed by atoms with Crippen LogP contribution < -0.4 is 0 Å². The van der Waals surface area contributed by atoms with E-state index >= 15 is 0 Å². The largest absolute Gasteiger partial charge is 0.477 e. The summed E-state index contributed by atoms with van der Waals surface area (Å²) in [5, 5.41) is 16.0. The normalized spacial score (nSPS) is 23.4. The first kappa shape index (κ1) is 30.3. The quantitative estimate of drug-likeness (QED) is 0.135. The molecule has 0 unspecified atom stereocenters. The molecular weight excluding hydrogens is 581 g/mol. The molecule has 0 bridgehead atoms. The molecule has 0 radical (unpaired) electrons. The fourth-order valence-electron chi connectivity index (χ4n) is 3.59. The SMILES string of the molecule is CC(C)(C)[Si](C)(C)OC[C@@H]1[C@@H](c2ccccc2)C1(COC(=N)C(Cl)(Cl)Cl)COC(=N)C(Cl)(Cl)Cl. The Morgan fingerprint density at radius 2 is 1.32 bits per heavy atom. The fraction of sp³-hybridized carbons (Fsp3) is 0.636. The minimum Gasteiger partial charge on any atom is -0.477 e. The van der Waals surface area contributed by atoms with Crippen molar-refractivity contribution in [2.24, 2.45) is 11.3 Å². The Labute approximate surface area is 232 Å². The molecule has 34 heavy (non-hydrogen) atoms. The van der Waals surface area contributed by atoms with Crippen LogP contribution >= 0.6 is 69.6 Å². The van der Waals surface area contributed by atoms with Crippen LogP contribution in [-0.4, -0.2) is 47.5 Å². The van der Waals surface area contributed by atoms with Gasteiger partial charge in [-0.1, -0.05) is 121 Å². The molecule has 12 heteroatoms. The molecule has 1 aliphatic carbocycles. The Kier molecular flexibility index (Phi) is 9.65. The first-order valence-corrected chi connectivity index (χ1v) is 15.8. The van der Waals surface area contributed by atoms with Crippen molar-refractivity contribution in [2.45, 2.75) is 52.4 Å². The highest BCUT2D eigenvalue weighted by Crippen LogP contribution is 2.66. The van der Waals surface area contributed by atoms with E-state index in [2.05, 4.69) is 33.9 Å². The summed E-state index contributed by atoms with van der Waals surface area (Å²) in [7, 11) is -2.06. The maximum absolute atomic E-state index is 7.99. The van der Waals surface area contributed by atoms with E-state index < -0.39 is 33.1 Å². The van der Waals surface area contributed by atoms with E-state index in [0.29, 0.717) is 6.61 Å². The molecule has 5 nitrogen and oxygen atoms in total. The van der Waals surface area contributed by atoms with Crippen LogP contribution in [0.2, 0.25) is 18.1 Å². The Hall–Kier alpha value is 0.0769. The van der Waals surface area contributed by atoms with Crippen LogP contribution in [0.5, 0.6) is 0 Å². The highest BCUT2D eigenvalue weighted by atomic mass is 35.6. The smallest absolute Gasteiger partial charge is 0.265 e. The Balaban J connectivity index is 2.38. The predicted molar refractivity (Wildman–Crippen MR) is 146 cm³/mol. The van der Waals surface area contributed by atoms with Gasteiger partial charge in [0.1, 0.15) is 0 Å². The van der Waals surface area contributed by atoms with E-state index in [1.807, 2.05) is 30.3 Å². The van der Waals surface area contributed by atoms with Gasteiger partial charge >= 0.3 is 0 Å². The van der Waals surface area contributed by atoms with Crippen LogP contribution in [0, 0.1) is 22.2 Å². The minimum absolute atomic E-state index is 0.00201. The number of benzene rings is 1. The van der Waals surface area contributed by atoms with E-state index in [1.54, 1.807) is 0 Å². The summed E-state index contributed by atoms with van der Waals surface area (Å²) in [5.74, 6) is -1.13. The fourth-order valence-corrected chi connectivity index (χ4v) is 4.95. The predicted octanol–water partition coefficient (Wildman–Crippen LogP) is 8.14. The third kappa shape index (κ3) is 7.31. The van der Waals surface area contributed by atoms with E-state index in [-0.39, 0.29) is 30.1 Å². The van der Waals surface area contributed by atoms with Gasteiger partial charge in [-0.3, -0.25) is 10.8 Å². The topological polar surface area (TPSA) is 75.4 Å². The monoisotopic (exact) mass is 608 g/mol. The Morgan fingerprint density at radius 3 is 1.71 bits per heavy atom. The zero-order valence-corrected chi connectivity index (χ0v) is 25.2. The molecule has 1 aliphatic rings. The van der Waals surface area contributed by atoms with Crippen LogP contribution in [0.3, 0.4) is 0 Å². The maximum atomic E-state index is 7.99. The van der Waals surface area contributed by atoms with Gasteiger partial charge in [0.2, 0.25) is 11.8 Å². The zero-order valence-electron chi connectivity index (χ0n) is 19.7. The number of hydrogen-bond donors (Lipinski definition) is 2. The molecule has 2 N–H and O–H groups in total. The van der Waals surface area contributed by atoms with Gasteiger partial charge in [-0.2, -0.15) is 0 Å². The number of nitrogens with one attached hydrogen (secondary N) is 2. The summed E-state index contributed by atoms with van der Waals surface area (Å²) < 4.78 is 13.8. The number of halogens is 6. The molecule has 1 fully saturated rings. The van der Waals surface area contributed by atoms with Gasteiger partial charge in [0.25, 0.3) is 7.59 Å². The summed E-state index contributed by atoms with van der Waals surface area (Å²) in [6.45, 7) is 11.3.